The van der Waals surface area contributed by atoms with E-state index in [0.29, 0.717) is 28.1 Å². The van der Waals surface area contributed by atoms with Gasteiger partial charge in [0.1, 0.15) is 11.6 Å². The van der Waals surface area contributed by atoms with E-state index in [0.717, 1.165) is 47.5 Å². The molecule has 8 heteroatoms. The van der Waals surface area contributed by atoms with Gasteiger partial charge in [-0.15, -0.1) is 0 Å². The van der Waals surface area contributed by atoms with E-state index in [1.165, 1.54) is 11.3 Å². The summed E-state index contributed by atoms with van der Waals surface area (Å²) in [6, 6.07) is 10.6. The molecule has 1 aliphatic rings. The molecule has 30 heavy (non-hydrogen) atoms. The van der Waals surface area contributed by atoms with Crippen molar-refractivity contribution in [1.29, 1.82) is 0 Å². The Balaban J connectivity index is 1.47. The number of aryl methyl sites for hydroxylation is 1. The van der Waals surface area contributed by atoms with Crippen LogP contribution in [0.2, 0.25) is 0 Å². The number of nitrogens with zero attached hydrogens (tertiary/aromatic N) is 3. The third-order valence-corrected chi connectivity index (χ3v) is 6.33. The maximum atomic E-state index is 12.9. The van der Waals surface area contributed by atoms with Crippen molar-refractivity contribution in [2.75, 3.05) is 12.4 Å². The van der Waals surface area contributed by atoms with E-state index < -0.39 is 0 Å². The van der Waals surface area contributed by atoms with Crippen molar-refractivity contribution in [1.82, 2.24) is 14.5 Å². The van der Waals surface area contributed by atoms with Crippen LogP contribution in [0.15, 0.2) is 41.2 Å². The van der Waals surface area contributed by atoms with Crippen LogP contribution in [-0.2, 0) is 13.0 Å². The summed E-state index contributed by atoms with van der Waals surface area (Å²) in [5, 5.41) is 3.91. The highest BCUT2D eigenvalue weighted by Gasteiger charge is 2.16. The third-order valence-electron chi connectivity index (χ3n) is 5.39. The number of methoxy groups -OCH3 is 1. The van der Waals surface area contributed by atoms with Crippen molar-refractivity contribution in [3.63, 3.8) is 0 Å². The van der Waals surface area contributed by atoms with Gasteiger partial charge in [0.15, 0.2) is 5.13 Å². The Morgan fingerprint density at radius 1 is 1.10 bits per heavy atom. The summed E-state index contributed by atoms with van der Waals surface area (Å²) in [5.41, 5.74) is 1.79. The van der Waals surface area contributed by atoms with Gasteiger partial charge in [-0.25, -0.2) is 9.97 Å². The number of benzene rings is 2. The number of hydrogen-bond acceptors (Lipinski definition) is 6. The monoisotopic (exact) mass is 420 g/mol. The smallest absolute Gasteiger partial charge is 0.261 e. The topological polar surface area (TPSA) is 86.1 Å². The van der Waals surface area contributed by atoms with Gasteiger partial charge in [0.2, 0.25) is 0 Å². The van der Waals surface area contributed by atoms with Crippen molar-refractivity contribution < 1.29 is 9.53 Å². The molecule has 0 spiro atoms. The van der Waals surface area contributed by atoms with Crippen molar-refractivity contribution in [2.45, 2.75) is 32.2 Å². The van der Waals surface area contributed by atoms with Crippen LogP contribution in [0, 0.1) is 0 Å². The number of carbonyl (C=O) groups excluding carboxylic acids is 1. The second-order valence-electron chi connectivity index (χ2n) is 7.33. The predicted octanol–water partition coefficient (Wildman–Crippen LogP) is 3.99. The molecule has 3 heterocycles. The van der Waals surface area contributed by atoms with Crippen molar-refractivity contribution in [3.05, 3.63) is 58.1 Å². The molecule has 0 bridgehead atoms. The Hall–Kier alpha value is -3.26. The molecule has 0 unspecified atom stereocenters. The number of carbonyl (C=O) groups is 1. The van der Waals surface area contributed by atoms with Gasteiger partial charge in [-0.2, -0.15) is 0 Å². The summed E-state index contributed by atoms with van der Waals surface area (Å²) in [7, 11) is 1.61. The lowest BCUT2D eigenvalue weighted by Gasteiger charge is -2.10. The lowest BCUT2D eigenvalue weighted by molar-refractivity contribution is 0.102. The van der Waals surface area contributed by atoms with Crippen molar-refractivity contribution >= 4 is 43.5 Å². The van der Waals surface area contributed by atoms with Crippen molar-refractivity contribution in [2.24, 2.45) is 0 Å². The molecule has 0 atom stereocenters. The molecule has 0 aliphatic carbocycles. The molecule has 152 valence electrons. The molecule has 0 saturated heterocycles. The molecule has 2 aromatic heterocycles. The second-order valence-corrected chi connectivity index (χ2v) is 8.36. The molecule has 7 nitrogen and oxygen atoms in total. The molecule has 0 saturated carbocycles. The lowest BCUT2D eigenvalue weighted by atomic mass is 10.1. The van der Waals surface area contributed by atoms with E-state index in [4.69, 9.17) is 9.72 Å². The van der Waals surface area contributed by atoms with Crippen LogP contribution in [-0.4, -0.2) is 27.6 Å². The number of amides is 1. The molecule has 5 rings (SSSR count). The van der Waals surface area contributed by atoms with Crippen LogP contribution in [0.5, 0.6) is 5.75 Å². The molecule has 4 aromatic rings. The molecular weight excluding hydrogens is 400 g/mol. The van der Waals surface area contributed by atoms with Gasteiger partial charge in [-0.05, 0) is 49.2 Å². The second kappa shape index (κ2) is 7.53. The number of aromatic nitrogens is 3. The zero-order valence-electron chi connectivity index (χ0n) is 16.5. The summed E-state index contributed by atoms with van der Waals surface area (Å²) in [5.74, 6) is 1.28. The minimum Gasteiger partial charge on any atom is -0.497 e. The molecule has 1 aliphatic heterocycles. The molecule has 2 aromatic carbocycles. The zero-order chi connectivity index (χ0) is 20.7. The lowest BCUT2D eigenvalue weighted by Crippen LogP contribution is -2.24. The fourth-order valence-electron chi connectivity index (χ4n) is 3.81. The first-order chi connectivity index (χ1) is 14.6. The van der Waals surface area contributed by atoms with Gasteiger partial charge in [0.25, 0.3) is 11.5 Å². The predicted molar refractivity (Wildman–Crippen MR) is 118 cm³/mol. The standard InChI is InChI=1S/C22H20N4O3S/c1-29-14-7-9-16-18(12-14)30-22(24-16)25-20(27)13-6-8-15-17(11-13)23-19-5-3-2-4-10-26(19)21(15)28/h6-9,11-12H,2-5,10H2,1H3,(H,24,25,27). The van der Waals surface area contributed by atoms with Crippen LogP contribution < -0.4 is 15.6 Å². The van der Waals surface area contributed by atoms with E-state index in [2.05, 4.69) is 10.3 Å². The van der Waals surface area contributed by atoms with Crippen LogP contribution in [0.1, 0.15) is 35.4 Å². The van der Waals surface area contributed by atoms with Gasteiger partial charge >= 0.3 is 0 Å². The number of thiazole rings is 1. The fourth-order valence-corrected chi connectivity index (χ4v) is 4.70. The molecular formula is C22H20N4O3S. The highest BCUT2D eigenvalue weighted by molar-refractivity contribution is 7.22. The third kappa shape index (κ3) is 3.33. The first-order valence-corrected chi connectivity index (χ1v) is 10.7. The average Bonchev–Trinajstić information content (AvgIpc) is 3.00. The van der Waals surface area contributed by atoms with Crippen LogP contribution in [0.25, 0.3) is 21.1 Å². The maximum Gasteiger partial charge on any atom is 0.261 e. The van der Waals surface area contributed by atoms with Gasteiger partial charge in [0.05, 0.1) is 28.2 Å². The van der Waals surface area contributed by atoms with Gasteiger partial charge in [0, 0.05) is 18.5 Å². The van der Waals surface area contributed by atoms with Gasteiger partial charge in [-0.1, -0.05) is 17.8 Å². The Morgan fingerprint density at radius 2 is 2.00 bits per heavy atom. The quantitative estimate of drug-likeness (QED) is 0.542. The number of hydrogen-bond donors (Lipinski definition) is 1. The van der Waals surface area contributed by atoms with Gasteiger partial charge < -0.3 is 4.74 Å². The number of anilines is 1. The number of rotatable bonds is 3. The number of nitrogens with one attached hydrogen (secondary N) is 1. The summed E-state index contributed by atoms with van der Waals surface area (Å²) >= 11 is 1.38. The minimum atomic E-state index is -0.278. The number of ether oxygens (including phenoxy) is 1. The fraction of sp³-hybridized carbons (Fsp3) is 0.273. The van der Waals surface area contributed by atoms with Crippen LogP contribution in [0.3, 0.4) is 0 Å². The zero-order valence-corrected chi connectivity index (χ0v) is 17.3. The number of fused-ring (bicyclic) bond motifs is 3. The first-order valence-electron chi connectivity index (χ1n) is 9.92. The Kier molecular flexibility index (Phi) is 4.71. The molecule has 0 radical (unpaired) electrons. The average molecular weight is 420 g/mol. The van der Waals surface area contributed by atoms with Gasteiger partial charge in [-0.3, -0.25) is 19.5 Å². The van der Waals surface area contributed by atoms with E-state index in [9.17, 15) is 9.59 Å². The van der Waals surface area contributed by atoms with E-state index in [1.54, 1.807) is 29.9 Å². The molecule has 0 fully saturated rings. The van der Waals surface area contributed by atoms with Crippen molar-refractivity contribution in [3.8, 4) is 5.75 Å². The normalized spacial score (nSPS) is 13.8. The highest BCUT2D eigenvalue weighted by atomic mass is 32.1. The molecule has 1 N–H and O–H groups in total. The summed E-state index contributed by atoms with van der Waals surface area (Å²) < 4.78 is 7.95. The van der Waals surface area contributed by atoms with Crippen LogP contribution >= 0.6 is 11.3 Å². The SMILES string of the molecule is COc1ccc2nc(NC(=O)c3ccc4c(=O)n5c(nc4c3)CCCCC5)sc2c1. The Bertz CT molecular complexity index is 1340. The largest absolute Gasteiger partial charge is 0.497 e. The van der Waals surface area contributed by atoms with E-state index >= 15 is 0 Å². The highest BCUT2D eigenvalue weighted by Crippen LogP contribution is 2.29. The van der Waals surface area contributed by atoms with E-state index in [1.807, 2.05) is 18.2 Å². The minimum absolute atomic E-state index is 0.0241. The summed E-state index contributed by atoms with van der Waals surface area (Å²) in [6.07, 6.45) is 3.91. The summed E-state index contributed by atoms with van der Waals surface area (Å²) in [6.45, 7) is 0.710. The summed E-state index contributed by atoms with van der Waals surface area (Å²) in [4.78, 5) is 34.8. The first kappa shape index (κ1) is 18.7. The Morgan fingerprint density at radius 3 is 2.87 bits per heavy atom. The van der Waals surface area contributed by atoms with Crippen LogP contribution in [0.4, 0.5) is 5.13 Å². The van der Waals surface area contributed by atoms with E-state index in [-0.39, 0.29) is 11.5 Å². The molecule has 1 amide bonds. The Labute approximate surface area is 176 Å². The maximum absolute atomic E-state index is 12.9.